The molecule has 0 fully saturated rings. The summed E-state index contributed by atoms with van der Waals surface area (Å²) in [6, 6.07) is 7.84. The number of nitrogens with one attached hydrogen (secondary N) is 2. The van der Waals surface area contributed by atoms with E-state index in [0.717, 1.165) is 17.0 Å². The number of hydrogen-bond acceptors (Lipinski definition) is 3. The van der Waals surface area contributed by atoms with E-state index >= 15 is 0 Å². The zero-order chi connectivity index (χ0) is 18.4. The van der Waals surface area contributed by atoms with Crippen LogP contribution in [0, 0.1) is 0 Å². The number of carbonyl (C=O) groups is 2. The molecule has 1 atom stereocenters. The van der Waals surface area contributed by atoms with Gasteiger partial charge in [0.25, 0.3) is 0 Å². The van der Waals surface area contributed by atoms with Gasteiger partial charge in [0.05, 0.1) is 18.0 Å². The summed E-state index contributed by atoms with van der Waals surface area (Å²) in [6.45, 7) is 1.49. The van der Waals surface area contributed by atoms with Crippen molar-refractivity contribution in [3.63, 3.8) is 0 Å². The maximum atomic E-state index is 12.5. The number of rotatable bonds is 6. The Morgan fingerprint density at radius 2 is 1.84 bits per heavy atom. The first-order valence-electron chi connectivity index (χ1n) is 7.49. The maximum absolute atomic E-state index is 12.5. The summed E-state index contributed by atoms with van der Waals surface area (Å²) in [4.78, 5) is 24.2. The minimum Gasteiger partial charge on any atom is -0.352 e. The summed E-state index contributed by atoms with van der Waals surface area (Å²) in [6.07, 6.45) is -4.32. The molecule has 1 aromatic heterocycles. The monoisotopic (exact) mass is 370 g/mol. The van der Waals surface area contributed by atoms with Gasteiger partial charge in [0.1, 0.15) is 0 Å². The first-order chi connectivity index (χ1) is 11.8. The molecular weight excluding hydrogens is 353 g/mol. The summed E-state index contributed by atoms with van der Waals surface area (Å²) in [5, 5.41) is 7.23. The minimum absolute atomic E-state index is 0.0563. The standard InChI is InChI=1S/C17H17F3N2O2S/c1-11(23)22-14(15-3-2-8-25-15)9-16(24)21-10-12-4-6-13(7-5-12)17(18,19)20/h2-8,14H,9-10H2,1H3,(H,21,24)(H,22,23). The van der Waals surface area contributed by atoms with Gasteiger partial charge in [0.15, 0.2) is 0 Å². The van der Waals surface area contributed by atoms with Gasteiger partial charge in [-0.05, 0) is 29.1 Å². The number of carbonyl (C=O) groups excluding carboxylic acids is 2. The van der Waals surface area contributed by atoms with Crippen LogP contribution in [-0.2, 0) is 22.3 Å². The number of amides is 2. The van der Waals surface area contributed by atoms with E-state index in [0.29, 0.717) is 5.56 Å². The average Bonchev–Trinajstić information content (AvgIpc) is 3.06. The van der Waals surface area contributed by atoms with E-state index in [2.05, 4.69) is 10.6 Å². The average molecular weight is 370 g/mol. The highest BCUT2D eigenvalue weighted by Gasteiger charge is 2.29. The molecule has 0 saturated heterocycles. The highest BCUT2D eigenvalue weighted by atomic mass is 32.1. The lowest BCUT2D eigenvalue weighted by Crippen LogP contribution is -2.32. The van der Waals surface area contributed by atoms with E-state index in [4.69, 9.17) is 0 Å². The summed E-state index contributed by atoms with van der Waals surface area (Å²) in [5.74, 6) is -0.541. The molecule has 0 aliphatic heterocycles. The maximum Gasteiger partial charge on any atom is 0.416 e. The van der Waals surface area contributed by atoms with Crippen LogP contribution in [0.3, 0.4) is 0 Å². The number of benzene rings is 1. The van der Waals surface area contributed by atoms with Crippen LogP contribution in [0.15, 0.2) is 41.8 Å². The molecule has 8 heteroatoms. The Morgan fingerprint density at radius 1 is 1.16 bits per heavy atom. The lowest BCUT2D eigenvalue weighted by atomic mass is 10.1. The fraction of sp³-hybridized carbons (Fsp3) is 0.294. The third kappa shape index (κ3) is 5.90. The predicted octanol–water partition coefficient (Wildman–Crippen LogP) is 3.65. The lowest BCUT2D eigenvalue weighted by Gasteiger charge is -2.16. The number of hydrogen-bond donors (Lipinski definition) is 2. The molecule has 1 aromatic carbocycles. The summed E-state index contributed by atoms with van der Waals surface area (Å²) >= 11 is 1.43. The van der Waals surface area contributed by atoms with Crippen LogP contribution in [0.2, 0.25) is 0 Å². The van der Waals surface area contributed by atoms with E-state index in [9.17, 15) is 22.8 Å². The normalized spacial score (nSPS) is 12.5. The second-order valence-corrected chi connectivity index (χ2v) is 6.42. The van der Waals surface area contributed by atoms with Crippen LogP contribution < -0.4 is 10.6 Å². The van der Waals surface area contributed by atoms with Crippen LogP contribution in [0.5, 0.6) is 0 Å². The molecule has 2 aromatic rings. The van der Waals surface area contributed by atoms with E-state index in [1.54, 1.807) is 0 Å². The Bertz CT molecular complexity index is 712. The van der Waals surface area contributed by atoms with Crippen molar-refractivity contribution in [2.24, 2.45) is 0 Å². The molecule has 0 aliphatic rings. The highest BCUT2D eigenvalue weighted by Crippen LogP contribution is 2.29. The first kappa shape index (κ1) is 19.0. The number of alkyl halides is 3. The fourth-order valence-electron chi connectivity index (χ4n) is 2.23. The zero-order valence-corrected chi connectivity index (χ0v) is 14.2. The molecular formula is C17H17F3N2O2S. The van der Waals surface area contributed by atoms with Crippen molar-refractivity contribution in [3.8, 4) is 0 Å². The minimum atomic E-state index is -4.38. The van der Waals surface area contributed by atoms with Gasteiger partial charge in [-0.15, -0.1) is 11.3 Å². The molecule has 2 amide bonds. The summed E-state index contributed by atoms with van der Waals surface area (Å²) < 4.78 is 37.5. The van der Waals surface area contributed by atoms with Crippen molar-refractivity contribution < 1.29 is 22.8 Å². The Hall–Kier alpha value is -2.35. The Kier molecular flexibility index (Phi) is 6.19. The molecule has 4 nitrogen and oxygen atoms in total. The Labute approximate surface area is 147 Å². The largest absolute Gasteiger partial charge is 0.416 e. The molecule has 134 valence electrons. The van der Waals surface area contributed by atoms with Crippen molar-refractivity contribution in [1.82, 2.24) is 10.6 Å². The van der Waals surface area contributed by atoms with E-state index in [-0.39, 0.29) is 24.8 Å². The molecule has 0 saturated carbocycles. The molecule has 2 rings (SSSR count). The predicted molar refractivity (Wildman–Crippen MR) is 88.8 cm³/mol. The molecule has 1 unspecified atom stereocenters. The van der Waals surface area contributed by atoms with Crippen molar-refractivity contribution in [2.45, 2.75) is 32.1 Å². The van der Waals surface area contributed by atoms with Crippen molar-refractivity contribution in [2.75, 3.05) is 0 Å². The van der Waals surface area contributed by atoms with Crippen molar-refractivity contribution >= 4 is 23.2 Å². The van der Waals surface area contributed by atoms with Crippen molar-refractivity contribution in [3.05, 3.63) is 57.8 Å². The molecule has 0 bridgehead atoms. The van der Waals surface area contributed by atoms with Gasteiger partial charge in [0.2, 0.25) is 11.8 Å². The molecule has 25 heavy (non-hydrogen) atoms. The second-order valence-electron chi connectivity index (χ2n) is 5.44. The Morgan fingerprint density at radius 3 is 2.36 bits per heavy atom. The zero-order valence-electron chi connectivity index (χ0n) is 13.4. The van der Waals surface area contributed by atoms with Crippen LogP contribution in [0.1, 0.15) is 35.4 Å². The molecule has 0 radical (unpaired) electrons. The SMILES string of the molecule is CC(=O)NC(CC(=O)NCc1ccc(C(F)(F)F)cc1)c1cccs1. The molecule has 2 N–H and O–H groups in total. The third-order valence-electron chi connectivity index (χ3n) is 3.42. The van der Waals surface area contributed by atoms with E-state index < -0.39 is 17.8 Å². The first-order valence-corrected chi connectivity index (χ1v) is 8.37. The quantitative estimate of drug-likeness (QED) is 0.816. The van der Waals surface area contributed by atoms with Gasteiger partial charge in [0, 0.05) is 18.3 Å². The smallest absolute Gasteiger partial charge is 0.352 e. The van der Waals surface area contributed by atoms with Gasteiger partial charge in [-0.2, -0.15) is 13.2 Å². The van der Waals surface area contributed by atoms with E-state index in [1.165, 1.54) is 30.4 Å². The lowest BCUT2D eigenvalue weighted by molar-refractivity contribution is -0.137. The van der Waals surface area contributed by atoms with Crippen LogP contribution >= 0.6 is 11.3 Å². The third-order valence-corrected chi connectivity index (χ3v) is 4.41. The highest BCUT2D eigenvalue weighted by molar-refractivity contribution is 7.10. The molecule has 0 aliphatic carbocycles. The van der Waals surface area contributed by atoms with Gasteiger partial charge in [-0.25, -0.2) is 0 Å². The fourth-order valence-corrected chi connectivity index (χ4v) is 3.01. The van der Waals surface area contributed by atoms with Gasteiger partial charge >= 0.3 is 6.18 Å². The summed E-state index contributed by atoms with van der Waals surface area (Å²) in [7, 11) is 0. The van der Waals surface area contributed by atoms with Gasteiger partial charge in [-0.3, -0.25) is 9.59 Å². The summed E-state index contributed by atoms with van der Waals surface area (Å²) in [5.41, 5.74) is -0.167. The van der Waals surface area contributed by atoms with Crippen LogP contribution in [0.4, 0.5) is 13.2 Å². The van der Waals surface area contributed by atoms with Gasteiger partial charge < -0.3 is 10.6 Å². The van der Waals surface area contributed by atoms with E-state index in [1.807, 2.05) is 17.5 Å². The van der Waals surface area contributed by atoms with Crippen LogP contribution in [-0.4, -0.2) is 11.8 Å². The molecule has 1 heterocycles. The number of halogens is 3. The van der Waals surface area contributed by atoms with Gasteiger partial charge in [-0.1, -0.05) is 18.2 Å². The van der Waals surface area contributed by atoms with Crippen LogP contribution in [0.25, 0.3) is 0 Å². The second kappa shape index (κ2) is 8.15. The van der Waals surface area contributed by atoms with Crippen molar-refractivity contribution in [1.29, 1.82) is 0 Å². The number of thiophene rings is 1. The molecule has 0 spiro atoms. The Balaban J connectivity index is 1.91. The topological polar surface area (TPSA) is 58.2 Å².